The highest BCUT2D eigenvalue weighted by Crippen LogP contribution is 2.39. The van der Waals surface area contributed by atoms with Gasteiger partial charge in [0.1, 0.15) is 5.75 Å². The van der Waals surface area contributed by atoms with Crippen LogP contribution in [0.1, 0.15) is 42.3 Å². The summed E-state index contributed by atoms with van der Waals surface area (Å²) in [5, 5.41) is 15.4. The predicted molar refractivity (Wildman–Crippen MR) is 153 cm³/mol. The number of aromatic carboxylic acids is 1. The van der Waals surface area contributed by atoms with Gasteiger partial charge in [0.05, 0.1) is 16.3 Å². The van der Waals surface area contributed by atoms with Crippen LogP contribution in [0.3, 0.4) is 0 Å². The fourth-order valence-corrected chi connectivity index (χ4v) is 4.18. The molecular formula is C31H29ClN2O4. The molecule has 0 saturated heterocycles. The van der Waals surface area contributed by atoms with E-state index in [-0.39, 0.29) is 16.0 Å². The maximum Gasteiger partial charge on any atom is 0.337 e. The minimum atomic E-state index is -1.12. The van der Waals surface area contributed by atoms with Crippen molar-refractivity contribution in [3.63, 3.8) is 0 Å². The Kier molecular flexibility index (Phi) is 7.74. The molecule has 4 rings (SSSR count). The number of carboxylic acid groups (broad SMARTS) is 1. The van der Waals surface area contributed by atoms with Gasteiger partial charge in [-0.05, 0) is 65.9 Å². The molecule has 0 radical (unpaired) electrons. The number of amides is 2. The SMILES string of the molecule is Cc1ccc(NC(=O)Nc2cc(-c3ccc(Cl)c(C(=O)O)c3)ccc2Oc2ccccc2C(C)(C)C)cc1. The first-order chi connectivity index (χ1) is 18.0. The number of halogens is 1. The van der Waals surface area contributed by atoms with Crippen molar-refractivity contribution in [2.45, 2.75) is 33.1 Å². The Hall–Kier alpha value is -4.29. The summed E-state index contributed by atoms with van der Waals surface area (Å²) in [4.78, 5) is 24.6. The molecule has 0 spiro atoms. The highest BCUT2D eigenvalue weighted by molar-refractivity contribution is 6.33. The van der Waals surface area contributed by atoms with E-state index in [1.807, 2.05) is 61.5 Å². The zero-order valence-corrected chi connectivity index (χ0v) is 22.4. The number of carboxylic acids is 1. The fourth-order valence-electron chi connectivity index (χ4n) is 3.98. The van der Waals surface area contributed by atoms with Gasteiger partial charge >= 0.3 is 12.0 Å². The zero-order valence-electron chi connectivity index (χ0n) is 21.6. The summed E-state index contributed by atoms with van der Waals surface area (Å²) in [5.41, 5.74) is 4.32. The zero-order chi connectivity index (χ0) is 27.4. The number of aryl methyl sites for hydroxylation is 1. The van der Waals surface area contributed by atoms with Gasteiger partial charge in [0.15, 0.2) is 5.75 Å². The summed E-state index contributed by atoms with van der Waals surface area (Å²) >= 11 is 6.07. The summed E-state index contributed by atoms with van der Waals surface area (Å²) in [6, 6.07) is 24.9. The molecule has 0 unspecified atom stereocenters. The molecule has 7 heteroatoms. The molecule has 38 heavy (non-hydrogen) atoms. The molecule has 0 heterocycles. The van der Waals surface area contributed by atoms with Crippen LogP contribution < -0.4 is 15.4 Å². The first kappa shape index (κ1) is 26.8. The third kappa shape index (κ3) is 6.33. The van der Waals surface area contributed by atoms with E-state index in [0.717, 1.165) is 11.1 Å². The van der Waals surface area contributed by atoms with Crippen molar-refractivity contribution in [1.29, 1.82) is 0 Å². The van der Waals surface area contributed by atoms with Crippen LogP contribution in [-0.4, -0.2) is 17.1 Å². The number of carbonyl (C=O) groups excluding carboxylic acids is 1. The standard InChI is InChI=1S/C31H29ClN2O4/c1-19-9-13-22(14-10-19)33-30(37)34-26-18-21(20-11-15-25(32)23(17-20)29(35)36)12-16-28(26)38-27-8-6-5-7-24(27)31(2,3)4/h5-18H,1-4H3,(H,35,36)(H2,33,34,37). The Morgan fingerprint density at radius 2 is 1.47 bits per heavy atom. The molecule has 4 aromatic rings. The molecule has 0 aliphatic heterocycles. The lowest BCUT2D eigenvalue weighted by molar-refractivity contribution is 0.0697. The fraction of sp³-hybridized carbons (Fsp3) is 0.161. The molecule has 0 fully saturated rings. The highest BCUT2D eigenvalue weighted by atomic mass is 35.5. The van der Waals surface area contributed by atoms with Gasteiger partial charge < -0.3 is 20.5 Å². The number of nitrogens with one attached hydrogen (secondary N) is 2. The molecule has 0 aliphatic rings. The van der Waals surface area contributed by atoms with Crippen molar-refractivity contribution in [1.82, 2.24) is 0 Å². The molecule has 0 atom stereocenters. The highest BCUT2D eigenvalue weighted by Gasteiger charge is 2.20. The van der Waals surface area contributed by atoms with Crippen molar-refractivity contribution >= 4 is 35.0 Å². The van der Waals surface area contributed by atoms with Gasteiger partial charge in [-0.2, -0.15) is 0 Å². The minimum Gasteiger partial charge on any atom is -0.478 e. The molecule has 2 amide bonds. The van der Waals surface area contributed by atoms with Gasteiger partial charge in [0.25, 0.3) is 0 Å². The van der Waals surface area contributed by atoms with Gasteiger partial charge in [-0.3, -0.25) is 0 Å². The second-order valence-corrected chi connectivity index (χ2v) is 10.4. The van der Waals surface area contributed by atoms with Crippen LogP contribution in [0.4, 0.5) is 16.2 Å². The van der Waals surface area contributed by atoms with Crippen LogP contribution in [0.25, 0.3) is 11.1 Å². The number of hydrogen-bond acceptors (Lipinski definition) is 3. The summed E-state index contributed by atoms with van der Waals surface area (Å²) in [5.74, 6) is -0.00209. The first-order valence-corrected chi connectivity index (χ1v) is 12.5. The molecule has 194 valence electrons. The summed E-state index contributed by atoms with van der Waals surface area (Å²) < 4.78 is 6.35. The summed E-state index contributed by atoms with van der Waals surface area (Å²) in [7, 11) is 0. The minimum absolute atomic E-state index is 0.00442. The first-order valence-electron chi connectivity index (χ1n) is 12.1. The molecule has 6 nitrogen and oxygen atoms in total. The van der Waals surface area contributed by atoms with Crippen LogP contribution in [-0.2, 0) is 5.41 Å². The predicted octanol–water partition coefficient (Wildman–Crippen LogP) is 8.75. The maximum absolute atomic E-state index is 13.0. The molecule has 3 N–H and O–H groups in total. The van der Waals surface area contributed by atoms with Crippen LogP contribution in [0.2, 0.25) is 5.02 Å². The number of anilines is 2. The lowest BCUT2D eigenvalue weighted by Crippen LogP contribution is -2.20. The van der Waals surface area contributed by atoms with Crippen molar-refractivity contribution < 1.29 is 19.4 Å². The lowest BCUT2D eigenvalue weighted by Gasteiger charge is -2.23. The van der Waals surface area contributed by atoms with Crippen LogP contribution >= 0.6 is 11.6 Å². The van der Waals surface area contributed by atoms with E-state index >= 15 is 0 Å². The van der Waals surface area contributed by atoms with E-state index in [4.69, 9.17) is 16.3 Å². The number of benzene rings is 4. The quantitative estimate of drug-likeness (QED) is 0.233. The van der Waals surface area contributed by atoms with Gasteiger partial charge in [0, 0.05) is 11.3 Å². The molecule has 0 aliphatic carbocycles. The average Bonchev–Trinajstić information content (AvgIpc) is 2.86. The normalized spacial score (nSPS) is 11.1. The van der Waals surface area contributed by atoms with Crippen LogP contribution in [0.15, 0.2) is 84.9 Å². The molecule has 0 saturated carbocycles. The largest absolute Gasteiger partial charge is 0.478 e. The topological polar surface area (TPSA) is 87.7 Å². The summed E-state index contributed by atoms with van der Waals surface area (Å²) in [6.45, 7) is 8.29. The Morgan fingerprint density at radius 3 is 2.16 bits per heavy atom. The van der Waals surface area contributed by atoms with Gasteiger partial charge in [0.2, 0.25) is 0 Å². The second-order valence-electron chi connectivity index (χ2n) is 10.0. The number of carbonyl (C=O) groups is 2. The van der Waals surface area contributed by atoms with Crippen molar-refractivity contribution in [3.8, 4) is 22.6 Å². The average molecular weight is 529 g/mol. The summed E-state index contributed by atoms with van der Waals surface area (Å²) in [6.07, 6.45) is 0. The van der Waals surface area contributed by atoms with E-state index in [1.54, 1.807) is 24.3 Å². The molecule has 0 aromatic heterocycles. The number of hydrogen-bond donors (Lipinski definition) is 3. The molecule has 0 bridgehead atoms. The van der Waals surface area contributed by atoms with Crippen molar-refractivity contribution in [3.05, 3.63) is 107 Å². The van der Waals surface area contributed by atoms with Crippen LogP contribution in [0, 0.1) is 6.92 Å². The Morgan fingerprint density at radius 1 is 0.816 bits per heavy atom. The maximum atomic E-state index is 13.0. The number of rotatable bonds is 6. The second kappa shape index (κ2) is 11.0. The number of urea groups is 1. The number of para-hydroxylation sites is 1. The Balaban J connectivity index is 1.73. The smallest absolute Gasteiger partial charge is 0.337 e. The molecule has 4 aromatic carbocycles. The third-order valence-electron chi connectivity index (χ3n) is 5.98. The van der Waals surface area contributed by atoms with E-state index in [2.05, 4.69) is 31.4 Å². The van der Waals surface area contributed by atoms with Crippen molar-refractivity contribution in [2.24, 2.45) is 0 Å². The van der Waals surface area contributed by atoms with E-state index in [9.17, 15) is 14.7 Å². The third-order valence-corrected chi connectivity index (χ3v) is 6.31. The number of ether oxygens (including phenoxy) is 1. The van der Waals surface area contributed by atoms with Crippen LogP contribution in [0.5, 0.6) is 11.5 Å². The van der Waals surface area contributed by atoms with Gasteiger partial charge in [-0.25, -0.2) is 9.59 Å². The van der Waals surface area contributed by atoms with E-state index < -0.39 is 12.0 Å². The Bertz CT molecular complexity index is 1490. The van der Waals surface area contributed by atoms with E-state index in [0.29, 0.717) is 34.0 Å². The van der Waals surface area contributed by atoms with E-state index in [1.165, 1.54) is 6.07 Å². The lowest BCUT2D eigenvalue weighted by atomic mass is 9.86. The Labute approximate surface area is 227 Å². The van der Waals surface area contributed by atoms with Gasteiger partial charge in [-0.1, -0.05) is 80.4 Å². The van der Waals surface area contributed by atoms with Gasteiger partial charge in [-0.15, -0.1) is 0 Å². The monoisotopic (exact) mass is 528 g/mol. The molecular weight excluding hydrogens is 500 g/mol. The van der Waals surface area contributed by atoms with Crippen molar-refractivity contribution in [2.75, 3.05) is 10.6 Å².